The van der Waals surface area contributed by atoms with Gasteiger partial charge in [0.2, 0.25) is 10.0 Å². The summed E-state index contributed by atoms with van der Waals surface area (Å²) in [5, 5.41) is -0.281. The second-order valence-corrected chi connectivity index (χ2v) is 9.88. The van der Waals surface area contributed by atoms with E-state index in [4.69, 9.17) is 0 Å². The number of rotatable bonds is 6. The number of halogens is 4. The lowest BCUT2D eigenvalue weighted by atomic mass is 9.93. The monoisotopic (exact) mass is 450 g/mol. The van der Waals surface area contributed by atoms with Crippen LogP contribution in [-0.2, 0) is 10.0 Å². The molecule has 2 saturated carbocycles. The fourth-order valence-corrected chi connectivity index (χ4v) is 5.25. The van der Waals surface area contributed by atoms with Crippen LogP contribution in [0.15, 0.2) is 22.8 Å². The van der Waals surface area contributed by atoms with Crippen LogP contribution < -0.4 is 4.72 Å². The zero-order valence-corrected chi connectivity index (χ0v) is 16.2. The van der Waals surface area contributed by atoms with Crippen molar-refractivity contribution < 1.29 is 21.6 Å². The number of sulfonamides is 1. The summed E-state index contributed by atoms with van der Waals surface area (Å²) in [6.45, 7) is 0. The summed E-state index contributed by atoms with van der Waals surface area (Å²) in [4.78, 5) is 0. The van der Waals surface area contributed by atoms with Gasteiger partial charge < -0.3 is 4.57 Å². The number of nitrogens with zero attached hydrogens (tertiary/aromatic N) is 1. The highest BCUT2D eigenvalue weighted by Gasteiger charge is 2.40. The first-order chi connectivity index (χ1) is 12.3. The van der Waals surface area contributed by atoms with Crippen LogP contribution in [0.2, 0.25) is 0 Å². The Morgan fingerprint density at radius 1 is 1.19 bits per heavy atom. The number of hydrogen-bond acceptors (Lipinski definition) is 2. The van der Waals surface area contributed by atoms with Crippen molar-refractivity contribution in [2.75, 3.05) is 0 Å². The molecule has 1 heterocycles. The van der Waals surface area contributed by atoms with Crippen molar-refractivity contribution in [3.63, 3.8) is 0 Å². The third-order valence-electron chi connectivity index (χ3n) is 5.22. The van der Waals surface area contributed by atoms with Gasteiger partial charge in [-0.15, -0.1) is 0 Å². The zero-order chi connectivity index (χ0) is 18.6. The molecule has 0 unspecified atom stereocenters. The van der Waals surface area contributed by atoms with Crippen molar-refractivity contribution >= 4 is 36.9 Å². The maximum atomic E-state index is 14.1. The summed E-state index contributed by atoms with van der Waals surface area (Å²) >= 11 is 3.14. The van der Waals surface area contributed by atoms with Gasteiger partial charge in [-0.1, -0.05) is 0 Å². The minimum Gasteiger partial charge on any atom is -0.344 e. The van der Waals surface area contributed by atoms with Crippen molar-refractivity contribution in [3.05, 3.63) is 34.2 Å². The molecule has 26 heavy (non-hydrogen) atoms. The van der Waals surface area contributed by atoms with Crippen molar-refractivity contribution in [3.8, 4) is 0 Å². The maximum absolute atomic E-state index is 14.1. The molecule has 9 heteroatoms. The molecule has 2 aliphatic carbocycles. The third-order valence-corrected chi connectivity index (χ3v) is 7.75. The van der Waals surface area contributed by atoms with Gasteiger partial charge in [0.15, 0.2) is 0 Å². The second kappa shape index (κ2) is 6.53. The molecule has 0 spiro atoms. The van der Waals surface area contributed by atoms with Crippen molar-refractivity contribution in [1.29, 1.82) is 0 Å². The van der Waals surface area contributed by atoms with Crippen LogP contribution >= 0.6 is 15.9 Å². The third kappa shape index (κ3) is 3.18. The molecular weight excluding hydrogens is 433 g/mol. The SMILES string of the molecule is O=S(=O)(N[C@@H](c1cn(C2CCC2)c2cc(Br)c(F)cc12)C(F)F)C1CC1. The number of hydrogen-bond donors (Lipinski definition) is 1. The molecule has 4 rings (SSSR count). The van der Waals surface area contributed by atoms with E-state index in [0.717, 1.165) is 19.3 Å². The minimum absolute atomic E-state index is 0.123. The Balaban J connectivity index is 1.83. The van der Waals surface area contributed by atoms with Gasteiger partial charge in [0.25, 0.3) is 6.43 Å². The Bertz CT molecular complexity index is 953. The molecule has 0 radical (unpaired) electrons. The number of benzene rings is 1. The van der Waals surface area contributed by atoms with Crippen LogP contribution in [0.5, 0.6) is 0 Å². The normalized spacial score (nSPS) is 19.9. The van der Waals surface area contributed by atoms with E-state index in [1.807, 2.05) is 4.57 Å². The summed E-state index contributed by atoms with van der Waals surface area (Å²) in [5.74, 6) is -0.567. The standard InChI is InChI=1S/C17H18BrF3N2O2S/c18-13-7-15-11(6-14(13)19)12(8-23(15)9-2-1-3-9)16(17(20)21)22-26(24,25)10-4-5-10/h6-10,16-17,22H,1-5H2/t16-/m0/s1. The van der Waals surface area contributed by atoms with E-state index in [9.17, 15) is 21.6 Å². The van der Waals surface area contributed by atoms with E-state index in [2.05, 4.69) is 20.7 Å². The number of aromatic nitrogens is 1. The lowest BCUT2D eigenvalue weighted by Gasteiger charge is -2.28. The number of fused-ring (bicyclic) bond motifs is 1. The van der Waals surface area contributed by atoms with Gasteiger partial charge in [-0.3, -0.25) is 0 Å². The van der Waals surface area contributed by atoms with Crippen LogP contribution in [0.3, 0.4) is 0 Å². The van der Waals surface area contributed by atoms with Gasteiger partial charge in [-0.2, -0.15) is 0 Å². The van der Waals surface area contributed by atoms with Gasteiger partial charge in [0.1, 0.15) is 11.9 Å². The predicted molar refractivity (Wildman–Crippen MR) is 96.3 cm³/mol. The molecule has 142 valence electrons. The molecule has 0 aliphatic heterocycles. The van der Waals surface area contributed by atoms with Crippen LogP contribution in [0.1, 0.15) is 49.8 Å². The largest absolute Gasteiger partial charge is 0.344 e. The summed E-state index contributed by atoms with van der Waals surface area (Å²) in [7, 11) is -3.81. The Morgan fingerprint density at radius 3 is 2.42 bits per heavy atom. The van der Waals surface area contributed by atoms with Crippen LogP contribution in [0.4, 0.5) is 13.2 Å². The van der Waals surface area contributed by atoms with Gasteiger partial charge in [-0.25, -0.2) is 26.3 Å². The molecule has 1 aromatic carbocycles. The quantitative estimate of drug-likeness (QED) is 0.695. The highest BCUT2D eigenvalue weighted by Crippen LogP contribution is 2.40. The smallest absolute Gasteiger partial charge is 0.258 e. The average Bonchev–Trinajstić information content (AvgIpc) is 3.31. The van der Waals surface area contributed by atoms with E-state index in [1.54, 1.807) is 12.3 Å². The summed E-state index contributed by atoms with van der Waals surface area (Å²) in [6, 6.07) is 1.25. The molecule has 0 amide bonds. The maximum Gasteiger partial charge on any atom is 0.258 e. The molecular formula is C17H18BrF3N2O2S. The number of nitrogens with one attached hydrogen (secondary N) is 1. The topological polar surface area (TPSA) is 51.1 Å². The lowest BCUT2D eigenvalue weighted by molar-refractivity contribution is 0.109. The van der Waals surface area contributed by atoms with Gasteiger partial charge in [0.05, 0.1) is 9.72 Å². The molecule has 2 fully saturated rings. The fourth-order valence-electron chi connectivity index (χ4n) is 3.39. The van der Waals surface area contributed by atoms with E-state index < -0.39 is 33.6 Å². The summed E-state index contributed by atoms with van der Waals surface area (Å²) < 4.78 is 70.4. The Kier molecular flexibility index (Phi) is 4.60. The molecule has 2 aliphatic rings. The number of alkyl halides is 2. The van der Waals surface area contributed by atoms with Crippen LogP contribution in [-0.4, -0.2) is 24.7 Å². The minimum atomic E-state index is -3.81. The summed E-state index contributed by atoms with van der Waals surface area (Å²) in [6.07, 6.45) is 2.49. The van der Waals surface area contributed by atoms with Crippen molar-refractivity contribution in [2.45, 2.75) is 55.9 Å². The average molecular weight is 451 g/mol. The first-order valence-electron chi connectivity index (χ1n) is 8.56. The van der Waals surface area contributed by atoms with Crippen molar-refractivity contribution in [2.24, 2.45) is 0 Å². The molecule has 0 saturated heterocycles. The molecule has 0 bridgehead atoms. The Morgan fingerprint density at radius 2 is 1.88 bits per heavy atom. The predicted octanol–water partition coefficient (Wildman–Crippen LogP) is 4.66. The van der Waals surface area contributed by atoms with E-state index in [0.29, 0.717) is 23.7 Å². The van der Waals surface area contributed by atoms with Gasteiger partial charge in [-0.05, 0) is 60.2 Å². The van der Waals surface area contributed by atoms with E-state index in [-0.39, 0.29) is 16.1 Å². The fraction of sp³-hybridized carbons (Fsp3) is 0.529. The first-order valence-corrected chi connectivity index (χ1v) is 10.9. The zero-order valence-electron chi connectivity index (χ0n) is 13.8. The Hall–Kier alpha value is -1.06. The molecule has 1 N–H and O–H groups in total. The molecule has 4 nitrogen and oxygen atoms in total. The molecule has 2 aromatic rings. The highest BCUT2D eigenvalue weighted by molar-refractivity contribution is 9.10. The second-order valence-electron chi connectivity index (χ2n) is 7.03. The van der Waals surface area contributed by atoms with E-state index in [1.165, 1.54) is 6.07 Å². The van der Waals surface area contributed by atoms with E-state index >= 15 is 0 Å². The summed E-state index contributed by atoms with van der Waals surface area (Å²) in [5.41, 5.74) is 0.756. The van der Waals surface area contributed by atoms with Crippen LogP contribution in [0, 0.1) is 5.82 Å². The first kappa shape index (κ1) is 18.3. The van der Waals surface area contributed by atoms with Crippen molar-refractivity contribution in [1.82, 2.24) is 9.29 Å². The highest BCUT2D eigenvalue weighted by atomic mass is 79.9. The Labute approximate surface area is 157 Å². The molecule has 1 aromatic heterocycles. The van der Waals surface area contributed by atoms with Gasteiger partial charge >= 0.3 is 0 Å². The van der Waals surface area contributed by atoms with Crippen LogP contribution in [0.25, 0.3) is 10.9 Å². The van der Waals surface area contributed by atoms with Gasteiger partial charge in [0, 0.05) is 28.7 Å². The molecule has 1 atom stereocenters. The lowest BCUT2D eigenvalue weighted by Crippen LogP contribution is -2.35.